The summed E-state index contributed by atoms with van der Waals surface area (Å²) in [6.07, 6.45) is 0.289. The standard InChI is InChI=1S/C25H26Cl2N4O7/c26-14-5-6-18(27)17(9-14)21-11-30-23(38-21)12-28-20(7-8-22(34)29-10-15(33)13-32)24(35)31-19-4-2-1-3-16(19)25(36)37/h1-6,9,11,15,20,28,32-33H,7-8,10,12-13H2,(H,29,34)(H,31,35)(H,36,37). The van der Waals surface area contributed by atoms with Gasteiger partial charge in [0.05, 0.1) is 47.8 Å². The lowest BCUT2D eigenvalue weighted by Crippen LogP contribution is -2.42. The van der Waals surface area contributed by atoms with Gasteiger partial charge in [-0.3, -0.25) is 14.9 Å². The fourth-order valence-corrected chi connectivity index (χ4v) is 3.78. The highest BCUT2D eigenvalue weighted by atomic mass is 35.5. The van der Waals surface area contributed by atoms with Crippen LogP contribution in [0.5, 0.6) is 0 Å². The fraction of sp³-hybridized carbons (Fsp3) is 0.280. The molecule has 0 radical (unpaired) electrons. The van der Waals surface area contributed by atoms with E-state index in [2.05, 4.69) is 20.9 Å². The number of aliphatic hydroxyl groups is 2. The van der Waals surface area contributed by atoms with Crippen LogP contribution in [0.3, 0.4) is 0 Å². The second-order valence-electron chi connectivity index (χ2n) is 8.20. The number of carbonyl (C=O) groups excluding carboxylic acids is 2. The number of carboxylic acid groups (broad SMARTS) is 1. The maximum absolute atomic E-state index is 13.1. The Bertz CT molecular complexity index is 1280. The van der Waals surface area contributed by atoms with E-state index in [9.17, 15) is 24.6 Å². The lowest BCUT2D eigenvalue weighted by atomic mass is 10.1. The van der Waals surface area contributed by atoms with Crippen molar-refractivity contribution in [3.63, 3.8) is 0 Å². The highest BCUT2D eigenvalue weighted by molar-refractivity contribution is 6.35. The molecule has 3 rings (SSSR count). The van der Waals surface area contributed by atoms with Crippen molar-refractivity contribution in [3.8, 4) is 11.3 Å². The van der Waals surface area contributed by atoms with Crippen molar-refractivity contribution in [2.24, 2.45) is 0 Å². The molecule has 38 heavy (non-hydrogen) atoms. The number of nitrogens with zero attached hydrogens (tertiary/aromatic N) is 1. The minimum atomic E-state index is -1.21. The smallest absolute Gasteiger partial charge is 0.337 e. The molecule has 2 atom stereocenters. The third kappa shape index (κ3) is 8.27. The van der Waals surface area contributed by atoms with Crippen LogP contribution in [-0.4, -0.2) is 63.4 Å². The van der Waals surface area contributed by atoms with E-state index in [-0.39, 0.29) is 43.1 Å². The zero-order chi connectivity index (χ0) is 27.7. The zero-order valence-corrected chi connectivity index (χ0v) is 21.5. The number of anilines is 1. The fourth-order valence-electron chi connectivity index (χ4n) is 3.40. The Balaban J connectivity index is 1.71. The van der Waals surface area contributed by atoms with Gasteiger partial charge in [0.2, 0.25) is 17.7 Å². The van der Waals surface area contributed by atoms with Gasteiger partial charge in [0.1, 0.15) is 0 Å². The molecule has 0 aliphatic heterocycles. The Labute approximate surface area is 227 Å². The number of halogens is 2. The van der Waals surface area contributed by atoms with E-state index in [1.54, 1.807) is 24.3 Å². The number of benzene rings is 2. The van der Waals surface area contributed by atoms with Gasteiger partial charge in [0.15, 0.2) is 5.76 Å². The van der Waals surface area contributed by atoms with Crippen molar-refractivity contribution < 1.29 is 34.1 Å². The number of para-hydroxylation sites is 1. The SMILES string of the molecule is O=C(CCC(NCc1ncc(-c2cc(Cl)ccc2Cl)o1)C(=O)Nc1ccccc1C(=O)O)NCC(O)CO. The average molecular weight is 565 g/mol. The molecule has 202 valence electrons. The van der Waals surface area contributed by atoms with Gasteiger partial charge in [-0.2, -0.15) is 0 Å². The molecule has 3 aromatic rings. The van der Waals surface area contributed by atoms with Gasteiger partial charge in [0.25, 0.3) is 0 Å². The van der Waals surface area contributed by atoms with Crippen LogP contribution in [0.15, 0.2) is 53.1 Å². The van der Waals surface area contributed by atoms with Crippen LogP contribution in [0.2, 0.25) is 10.0 Å². The highest BCUT2D eigenvalue weighted by Gasteiger charge is 2.23. The molecule has 11 nitrogen and oxygen atoms in total. The zero-order valence-electron chi connectivity index (χ0n) is 20.0. The quantitative estimate of drug-likeness (QED) is 0.182. The van der Waals surface area contributed by atoms with E-state index in [1.807, 2.05) is 0 Å². The van der Waals surface area contributed by atoms with Gasteiger partial charge in [0, 0.05) is 23.6 Å². The Kier molecular flexibility index (Phi) is 10.6. The van der Waals surface area contributed by atoms with Gasteiger partial charge >= 0.3 is 5.97 Å². The van der Waals surface area contributed by atoms with Crippen molar-refractivity contribution >= 4 is 46.7 Å². The predicted octanol–water partition coefficient (Wildman–Crippen LogP) is 2.69. The number of carboxylic acids is 1. The molecule has 2 aromatic carbocycles. The molecule has 2 unspecified atom stereocenters. The lowest BCUT2D eigenvalue weighted by molar-refractivity contribution is -0.122. The lowest BCUT2D eigenvalue weighted by Gasteiger charge is -2.18. The summed E-state index contributed by atoms with van der Waals surface area (Å²) < 4.78 is 5.75. The minimum Gasteiger partial charge on any atom is -0.478 e. The van der Waals surface area contributed by atoms with Crippen molar-refractivity contribution in [3.05, 3.63) is 70.2 Å². The van der Waals surface area contributed by atoms with Crippen LogP contribution < -0.4 is 16.0 Å². The van der Waals surface area contributed by atoms with Crippen LogP contribution in [0, 0.1) is 0 Å². The summed E-state index contributed by atoms with van der Waals surface area (Å²) >= 11 is 12.3. The molecule has 0 aliphatic rings. The molecule has 1 aromatic heterocycles. The predicted molar refractivity (Wildman–Crippen MR) is 140 cm³/mol. The van der Waals surface area contributed by atoms with E-state index in [0.717, 1.165) is 0 Å². The topological polar surface area (TPSA) is 174 Å². The van der Waals surface area contributed by atoms with Crippen molar-refractivity contribution in [1.82, 2.24) is 15.6 Å². The Morgan fingerprint density at radius 3 is 2.61 bits per heavy atom. The number of aliphatic hydroxyl groups excluding tert-OH is 2. The van der Waals surface area contributed by atoms with Crippen molar-refractivity contribution in [2.75, 3.05) is 18.5 Å². The second kappa shape index (κ2) is 13.9. The maximum Gasteiger partial charge on any atom is 0.337 e. The second-order valence-corrected chi connectivity index (χ2v) is 9.04. The van der Waals surface area contributed by atoms with Crippen LogP contribution in [-0.2, 0) is 16.1 Å². The van der Waals surface area contributed by atoms with E-state index < -0.39 is 36.5 Å². The van der Waals surface area contributed by atoms with E-state index >= 15 is 0 Å². The summed E-state index contributed by atoms with van der Waals surface area (Å²) in [5.74, 6) is -1.63. The first kappa shape index (κ1) is 29.1. The monoisotopic (exact) mass is 564 g/mol. The Morgan fingerprint density at radius 2 is 1.87 bits per heavy atom. The van der Waals surface area contributed by atoms with Crippen LogP contribution in [0.4, 0.5) is 5.69 Å². The maximum atomic E-state index is 13.1. The van der Waals surface area contributed by atoms with Crippen molar-refractivity contribution in [2.45, 2.75) is 31.5 Å². The number of amides is 2. The summed E-state index contributed by atoms with van der Waals surface area (Å²) in [5, 5.41) is 36.6. The first-order chi connectivity index (χ1) is 18.2. The molecule has 0 fully saturated rings. The number of aromatic carboxylic acids is 1. The Morgan fingerprint density at radius 1 is 1.11 bits per heavy atom. The van der Waals surface area contributed by atoms with Gasteiger partial charge in [-0.05, 0) is 36.8 Å². The third-order valence-corrected chi connectivity index (χ3v) is 5.95. The molecular formula is C25H26Cl2N4O7. The normalized spacial score (nSPS) is 12.5. The molecule has 0 aliphatic carbocycles. The number of nitrogens with one attached hydrogen (secondary N) is 3. The van der Waals surface area contributed by atoms with Crippen LogP contribution in [0.25, 0.3) is 11.3 Å². The molecule has 13 heteroatoms. The summed E-state index contributed by atoms with van der Waals surface area (Å²) in [4.78, 5) is 41.0. The molecule has 0 saturated heterocycles. The number of rotatable bonds is 13. The average Bonchev–Trinajstić information content (AvgIpc) is 3.37. The number of aromatic nitrogens is 1. The molecule has 1 heterocycles. The minimum absolute atomic E-state index is 0.00168. The molecule has 2 amide bonds. The number of hydrogen-bond donors (Lipinski definition) is 6. The summed E-state index contributed by atoms with van der Waals surface area (Å²) in [6.45, 7) is -0.646. The van der Waals surface area contributed by atoms with Gasteiger partial charge in [-0.15, -0.1) is 0 Å². The van der Waals surface area contributed by atoms with Gasteiger partial charge in [-0.1, -0.05) is 35.3 Å². The van der Waals surface area contributed by atoms with Crippen LogP contribution in [0.1, 0.15) is 29.1 Å². The van der Waals surface area contributed by atoms with E-state index in [1.165, 1.54) is 24.4 Å². The molecule has 6 N–H and O–H groups in total. The first-order valence-electron chi connectivity index (χ1n) is 11.5. The summed E-state index contributed by atoms with van der Waals surface area (Å²) in [7, 11) is 0. The number of carbonyl (C=O) groups is 3. The molecule has 0 saturated carbocycles. The number of oxazole rings is 1. The Hall–Kier alpha value is -3.48. The molecular weight excluding hydrogens is 539 g/mol. The van der Waals surface area contributed by atoms with Gasteiger partial charge in [-0.25, -0.2) is 9.78 Å². The largest absolute Gasteiger partial charge is 0.478 e. The molecule has 0 spiro atoms. The van der Waals surface area contributed by atoms with Crippen LogP contribution >= 0.6 is 23.2 Å². The first-order valence-corrected chi connectivity index (χ1v) is 12.3. The highest BCUT2D eigenvalue weighted by Crippen LogP contribution is 2.31. The van der Waals surface area contributed by atoms with E-state index in [4.69, 9.17) is 32.7 Å². The summed E-state index contributed by atoms with van der Waals surface area (Å²) in [5.41, 5.74) is 0.548. The summed E-state index contributed by atoms with van der Waals surface area (Å²) in [6, 6.07) is 9.87. The molecule has 0 bridgehead atoms. The third-order valence-electron chi connectivity index (χ3n) is 5.38. The van der Waals surface area contributed by atoms with Gasteiger partial charge < -0.3 is 30.4 Å². The van der Waals surface area contributed by atoms with E-state index in [0.29, 0.717) is 21.4 Å². The number of hydrogen-bond acceptors (Lipinski definition) is 8. The van der Waals surface area contributed by atoms with Crippen molar-refractivity contribution in [1.29, 1.82) is 0 Å².